The number of rotatable bonds is 0. The van der Waals surface area contributed by atoms with Crippen molar-refractivity contribution in [3.8, 4) is 0 Å². The van der Waals surface area contributed by atoms with Gasteiger partial charge in [-0.1, -0.05) is 0 Å². The van der Waals surface area contributed by atoms with Crippen LogP contribution >= 0.6 is 0 Å². The third-order valence-corrected chi connectivity index (χ3v) is 1.64. The third kappa shape index (κ3) is 2.07. The molecule has 1 unspecified atom stereocenters. The van der Waals surface area contributed by atoms with E-state index < -0.39 is 12.2 Å². The molecule has 1 saturated heterocycles. The van der Waals surface area contributed by atoms with Gasteiger partial charge in [0.05, 0.1) is 13.2 Å². The van der Waals surface area contributed by atoms with Crippen LogP contribution in [0.15, 0.2) is 0 Å². The fourth-order valence-corrected chi connectivity index (χ4v) is 0.928. The van der Waals surface area contributed by atoms with Crippen LogP contribution in [0, 0.1) is 6.61 Å². The molecule has 0 saturated carbocycles. The van der Waals surface area contributed by atoms with E-state index in [4.69, 9.17) is 0 Å². The summed E-state index contributed by atoms with van der Waals surface area (Å²) >= 11 is 0. The first kappa shape index (κ1) is 8.80. The average Bonchev–Trinajstić information content (AvgIpc) is 1.86. The van der Waals surface area contributed by atoms with E-state index in [-0.39, 0.29) is 13.2 Å². The van der Waals surface area contributed by atoms with Gasteiger partial charge in [0.1, 0.15) is 6.04 Å². The van der Waals surface area contributed by atoms with Crippen LogP contribution in [0.3, 0.4) is 0 Å². The van der Waals surface area contributed by atoms with Gasteiger partial charge in [0.25, 0.3) is 0 Å². The number of hydrogen-bond donors (Lipinski definition) is 0. The van der Waals surface area contributed by atoms with Crippen molar-refractivity contribution in [2.24, 2.45) is 0 Å². The quantitative estimate of drug-likeness (QED) is 0.536. The number of alkyl halides is 3. The minimum atomic E-state index is -4.18. The third-order valence-electron chi connectivity index (χ3n) is 1.64. The molecule has 1 radical (unpaired) electrons. The van der Waals surface area contributed by atoms with Crippen LogP contribution in [0.5, 0.6) is 0 Å². The zero-order chi connectivity index (χ0) is 8.48. The van der Waals surface area contributed by atoms with Crippen LogP contribution in [0.2, 0.25) is 0 Å². The van der Waals surface area contributed by atoms with Gasteiger partial charge in [-0.25, -0.2) is 0 Å². The Morgan fingerprint density at radius 1 is 1.55 bits per heavy atom. The molecule has 0 aromatic carbocycles. The Kier molecular flexibility index (Phi) is 2.39. The second-order valence-corrected chi connectivity index (χ2v) is 2.50. The summed E-state index contributed by atoms with van der Waals surface area (Å²) in [5, 5.41) is 0. The lowest BCUT2D eigenvalue weighted by Crippen LogP contribution is -2.50. The Bertz CT molecular complexity index is 136. The molecule has 5 heteroatoms. The minimum absolute atomic E-state index is 0.226. The first-order chi connectivity index (χ1) is 5.02. The maximum atomic E-state index is 12.1. The normalized spacial score (nSPS) is 28.9. The standard InChI is InChI=1S/C6H9F3NO/c1-10-2-3-11-4-5(10)6(7,8)9/h3,5H,2,4H2,1H3. The molecule has 0 aromatic heterocycles. The Hall–Kier alpha value is -0.290. The largest absolute Gasteiger partial charge is 0.406 e. The highest BCUT2D eigenvalue weighted by Gasteiger charge is 2.43. The fourth-order valence-electron chi connectivity index (χ4n) is 0.928. The average molecular weight is 168 g/mol. The molecular weight excluding hydrogens is 159 g/mol. The lowest BCUT2D eigenvalue weighted by molar-refractivity contribution is -0.200. The first-order valence-electron chi connectivity index (χ1n) is 3.22. The van der Waals surface area contributed by atoms with Crippen molar-refractivity contribution in [3.63, 3.8) is 0 Å². The summed E-state index contributed by atoms with van der Waals surface area (Å²) in [4.78, 5) is 1.21. The molecule has 0 amide bonds. The fraction of sp³-hybridized carbons (Fsp3) is 0.833. The molecule has 1 heterocycles. The molecular formula is C6H9F3NO. The summed E-state index contributed by atoms with van der Waals surface area (Å²) in [5.41, 5.74) is 0. The van der Waals surface area contributed by atoms with Crippen molar-refractivity contribution in [2.45, 2.75) is 12.2 Å². The Morgan fingerprint density at radius 2 is 2.18 bits per heavy atom. The van der Waals surface area contributed by atoms with Gasteiger partial charge < -0.3 is 4.74 Å². The van der Waals surface area contributed by atoms with Crippen LogP contribution in [0.4, 0.5) is 13.2 Å². The molecule has 65 valence electrons. The smallest absolute Gasteiger partial charge is 0.372 e. The molecule has 11 heavy (non-hydrogen) atoms. The lowest BCUT2D eigenvalue weighted by Gasteiger charge is -2.33. The van der Waals surface area contributed by atoms with E-state index in [9.17, 15) is 13.2 Å². The van der Waals surface area contributed by atoms with E-state index >= 15 is 0 Å². The number of nitrogens with zero attached hydrogens (tertiary/aromatic N) is 1. The van der Waals surface area contributed by atoms with E-state index in [2.05, 4.69) is 4.74 Å². The number of morpholine rings is 1. The van der Waals surface area contributed by atoms with Crippen molar-refractivity contribution in [2.75, 3.05) is 20.2 Å². The maximum Gasteiger partial charge on any atom is 0.406 e. The molecule has 1 aliphatic heterocycles. The lowest BCUT2D eigenvalue weighted by atomic mass is 10.2. The second kappa shape index (κ2) is 2.98. The van der Waals surface area contributed by atoms with Crippen LogP contribution in [0.25, 0.3) is 0 Å². The summed E-state index contributed by atoms with van der Waals surface area (Å²) in [6, 6.07) is -1.45. The summed E-state index contributed by atoms with van der Waals surface area (Å²) in [6.07, 6.45) is -4.18. The minimum Gasteiger partial charge on any atom is -0.372 e. The van der Waals surface area contributed by atoms with Crippen LogP contribution in [0.1, 0.15) is 0 Å². The predicted molar refractivity (Wildman–Crippen MR) is 32.7 cm³/mol. The van der Waals surface area contributed by atoms with Crippen molar-refractivity contribution in [1.82, 2.24) is 4.90 Å². The zero-order valence-corrected chi connectivity index (χ0v) is 6.06. The molecule has 2 nitrogen and oxygen atoms in total. The van der Waals surface area contributed by atoms with E-state index in [0.717, 1.165) is 0 Å². The molecule has 1 atom stereocenters. The van der Waals surface area contributed by atoms with Gasteiger partial charge in [-0.05, 0) is 7.05 Å². The summed E-state index contributed by atoms with van der Waals surface area (Å²) in [5.74, 6) is 0. The number of hydrogen-bond acceptors (Lipinski definition) is 2. The van der Waals surface area contributed by atoms with Gasteiger partial charge in [-0.15, -0.1) is 0 Å². The van der Waals surface area contributed by atoms with E-state index in [0.29, 0.717) is 0 Å². The maximum absolute atomic E-state index is 12.1. The number of halogens is 3. The van der Waals surface area contributed by atoms with Crippen LogP contribution in [-0.2, 0) is 4.74 Å². The summed E-state index contributed by atoms with van der Waals surface area (Å²) in [6.45, 7) is 1.31. The summed E-state index contributed by atoms with van der Waals surface area (Å²) in [7, 11) is 1.43. The van der Waals surface area contributed by atoms with E-state index in [1.165, 1.54) is 18.6 Å². The van der Waals surface area contributed by atoms with Gasteiger partial charge in [0.15, 0.2) is 0 Å². The molecule has 1 rings (SSSR count). The highest BCUT2D eigenvalue weighted by atomic mass is 19.4. The second-order valence-electron chi connectivity index (χ2n) is 2.50. The van der Waals surface area contributed by atoms with Crippen molar-refractivity contribution >= 4 is 0 Å². The highest BCUT2D eigenvalue weighted by Crippen LogP contribution is 2.26. The van der Waals surface area contributed by atoms with Gasteiger partial charge in [0, 0.05) is 6.54 Å². The SMILES string of the molecule is CN1C[CH]OCC1C(F)(F)F. The predicted octanol–water partition coefficient (Wildman–Crippen LogP) is 1.04. The Labute approximate surface area is 62.9 Å². The van der Waals surface area contributed by atoms with Crippen molar-refractivity contribution in [1.29, 1.82) is 0 Å². The highest BCUT2D eigenvalue weighted by molar-refractivity contribution is 4.82. The number of ether oxygens (including phenoxy) is 1. The number of likely N-dealkylation sites (N-methyl/N-ethyl adjacent to an activating group) is 1. The monoisotopic (exact) mass is 168 g/mol. The Morgan fingerprint density at radius 3 is 2.55 bits per heavy atom. The van der Waals surface area contributed by atoms with Gasteiger partial charge in [-0.3, -0.25) is 4.90 Å². The first-order valence-corrected chi connectivity index (χ1v) is 3.22. The van der Waals surface area contributed by atoms with E-state index in [1.807, 2.05) is 0 Å². The molecule has 0 bridgehead atoms. The molecule has 0 aromatic rings. The molecule has 1 aliphatic rings. The van der Waals surface area contributed by atoms with Crippen molar-refractivity contribution in [3.05, 3.63) is 6.61 Å². The van der Waals surface area contributed by atoms with E-state index in [1.54, 1.807) is 0 Å². The molecule has 1 fully saturated rings. The van der Waals surface area contributed by atoms with Crippen LogP contribution in [-0.4, -0.2) is 37.3 Å². The van der Waals surface area contributed by atoms with Crippen molar-refractivity contribution < 1.29 is 17.9 Å². The Balaban J connectivity index is 2.55. The zero-order valence-electron chi connectivity index (χ0n) is 6.06. The molecule has 0 aliphatic carbocycles. The van der Waals surface area contributed by atoms with Crippen LogP contribution < -0.4 is 0 Å². The van der Waals surface area contributed by atoms with Gasteiger partial charge >= 0.3 is 6.18 Å². The summed E-state index contributed by atoms with van der Waals surface area (Å²) < 4.78 is 40.8. The molecule has 0 N–H and O–H groups in total. The molecule has 0 spiro atoms. The van der Waals surface area contributed by atoms with Gasteiger partial charge in [-0.2, -0.15) is 13.2 Å². The van der Waals surface area contributed by atoms with Gasteiger partial charge in [0.2, 0.25) is 0 Å². The topological polar surface area (TPSA) is 12.5 Å².